The van der Waals surface area contributed by atoms with Gasteiger partial charge in [0, 0.05) is 88.2 Å². The normalized spacial score (nSPS) is 23.1. The molecule has 9 aliphatic rings. The van der Waals surface area contributed by atoms with Gasteiger partial charge in [-0.1, -0.05) is 64.5 Å². The molecular formula is C70H84AlBr5F4LiN15O14. The number of nitrogens with zero attached hydrogens (tertiary/aromatic N) is 9. The number of aromatic nitrogens is 4. The van der Waals surface area contributed by atoms with Crippen molar-refractivity contribution < 1.29 is 83.6 Å². The van der Waals surface area contributed by atoms with Gasteiger partial charge in [0.1, 0.15) is 97.1 Å². The number of aldehydes is 1. The molecule has 40 heteroatoms. The second-order valence-corrected chi connectivity index (χ2v) is 29.6. The minimum absolute atomic E-state index is 0. The molecule has 4 aromatic heterocycles. The number of rotatable bonds is 18. The molecule has 0 bridgehead atoms. The molecular weight excluding hydrogens is 1780 g/mol. The molecule has 5 aromatic rings. The second-order valence-electron chi connectivity index (χ2n) is 25.4. The van der Waals surface area contributed by atoms with E-state index in [2.05, 4.69) is 156 Å². The number of halogens is 9. The van der Waals surface area contributed by atoms with Gasteiger partial charge in [0.25, 0.3) is 5.91 Å². The summed E-state index contributed by atoms with van der Waals surface area (Å²) in [5.41, 5.74) is 5.44. The summed E-state index contributed by atoms with van der Waals surface area (Å²) >= 11 is 17.9. The van der Waals surface area contributed by atoms with Crippen molar-refractivity contribution in [2.75, 3.05) is 125 Å². The van der Waals surface area contributed by atoms with Gasteiger partial charge >= 0.3 is 16.6 Å². The summed E-state index contributed by atoms with van der Waals surface area (Å²) in [5, 5.41) is 23.6. The molecule has 0 spiro atoms. The SMILES string of the molecule is CCOOCC.CC[O][AlH].N#CC1(N2C[C@H](F)C[C@H]2C(=O)Nc2cccc(Br)n2)COC1.NC(=O)C1=NCc2ccccc21.O=C(Nc1cccc(Br)n1)[C@@H]1C[C@@H](F)CN1.O=C(Nc1cccc(Br)n1)[C@@H]1C[C@@H](F)CN1C1(CBr)COC1.O=C1COC1.O=CC1(N2C[C@H](F)C[C@H]2C(=O)Nc2cccc(Br)n2)COC1.[Li]. The quantitative estimate of drug-likeness (QED) is 0.00752. The van der Waals surface area contributed by atoms with Gasteiger partial charge in [-0.25, -0.2) is 47.3 Å². The molecule has 590 valence electrons. The molecule has 8 saturated heterocycles. The Morgan fingerprint density at radius 3 is 1.35 bits per heavy atom. The number of hydrogen-bond acceptors (Lipinski definition) is 24. The Bertz CT molecular complexity index is 3930. The maximum Gasteiger partial charge on any atom is 0.394 e. The number of nitrogens with one attached hydrogen (secondary N) is 5. The molecule has 14 rings (SSSR count). The van der Waals surface area contributed by atoms with Crippen LogP contribution in [0.4, 0.5) is 40.8 Å². The summed E-state index contributed by atoms with van der Waals surface area (Å²) in [6, 6.07) is 28.2. The standard InChI is InChI=1S/C14H16Br2FN3O2.C14H14BrFN4O2.C14H15BrFN3O3.C10H11BrFN3O.C9H8N2O.C4H10O2.C3H4O2.C2H5O.Al.Li.H/c15-6-14(7-22-8-14)20-5-9(17)4-10(20)13(21)19-12-3-1-2-11(16)18-12;15-11-2-1-3-12(18-11)19-13(21)10-4-9(16)5-20(10)14(6-17)7-22-8-14;15-11-2-1-3-12(17-11)18-13(21)10-4-9(16)5-19(10)14(6-20)7-22-8-14;11-8-2-1-3-9(14-8)15-10(16)7-4-6(12)5-13-7;10-9(12)8-7-4-2-1-3-6(7)5-11-8;1-3-5-6-4-2;4-3-1-5-2-3;1-2-3;;;/h1-3,9-10H,4-8H2,(H,18,19,21);1-3,9-10H,4-5,7-8H2,(H,18,19,21);1-3,6,9-10H,4-5,7-8H2,(H,17,18,21);1-3,6-7,13H,4-5H2,(H,14,15,16);1-4H,5H2,(H2,10,12);3-4H2,1-2H3;1-2H2;2H2,1H3;;;/q;;;;;;;-1;+1;;/t3*9-,10+;6-,7+;;;;;;;/m1111......./s1. The van der Waals surface area contributed by atoms with Crippen molar-refractivity contribution in [3.63, 3.8) is 0 Å². The van der Waals surface area contributed by atoms with E-state index < -0.39 is 65.8 Å². The van der Waals surface area contributed by atoms with Crippen molar-refractivity contribution in [1.82, 2.24) is 40.0 Å². The van der Waals surface area contributed by atoms with Crippen LogP contribution in [0.2, 0.25) is 0 Å². The first-order chi connectivity index (χ1) is 52.3. The maximum absolute atomic E-state index is 13.9. The van der Waals surface area contributed by atoms with Crippen LogP contribution in [0.5, 0.6) is 0 Å². The number of amides is 5. The molecule has 29 nitrogen and oxygen atoms in total. The van der Waals surface area contributed by atoms with Gasteiger partial charge in [0.05, 0.1) is 95.2 Å². The molecule has 8 atom stereocenters. The number of benzene rings is 1. The Morgan fingerprint density at radius 1 is 0.609 bits per heavy atom. The van der Waals surface area contributed by atoms with Crippen LogP contribution in [-0.2, 0) is 72.6 Å². The van der Waals surface area contributed by atoms with Crippen molar-refractivity contribution in [2.24, 2.45) is 10.7 Å². The zero-order valence-corrected chi connectivity index (χ0v) is 70.1. The second kappa shape index (κ2) is 46.7. The van der Waals surface area contributed by atoms with E-state index in [9.17, 15) is 56.4 Å². The van der Waals surface area contributed by atoms with E-state index in [0.29, 0.717) is 98.9 Å². The van der Waals surface area contributed by atoms with Crippen molar-refractivity contribution >= 4 is 186 Å². The molecule has 2 radical (unpaired) electrons. The molecule has 0 saturated carbocycles. The number of likely N-dealkylation sites (tertiary alicyclic amines) is 3. The third-order valence-electron chi connectivity index (χ3n) is 17.4. The first kappa shape index (κ1) is 93.3. The van der Waals surface area contributed by atoms with E-state index in [1.807, 2.05) is 49.9 Å². The number of Topliss-reactive ketones (excluding diaryl/α,β-unsaturated/α-hetero) is 1. The zero-order chi connectivity index (χ0) is 79.3. The summed E-state index contributed by atoms with van der Waals surface area (Å²) < 4.78 is 81.4. The first-order valence-electron chi connectivity index (χ1n) is 34.4. The number of carbonyl (C=O) groups is 7. The number of ether oxygens (including phenoxy) is 4. The van der Waals surface area contributed by atoms with Crippen molar-refractivity contribution in [1.29, 1.82) is 5.26 Å². The number of carbonyl (C=O) groups excluding carboxylic acids is 7. The summed E-state index contributed by atoms with van der Waals surface area (Å²) in [6.45, 7) is 11.6. The van der Waals surface area contributed by atoms with Gasteiger partial charge in [-0.15, -0.1) is 0 Å². The topological polar surface area (TPSA) is 368 Å². The van der Waals surface area contributed by atoms with E-state index in [4.69, 9.17) is 19.9 Å². The van der Waals surface area contributed by atoms with Gasteiger partial charge in [-0.05, 0) is 139 Å². The third-order valence-corrected chi connectivity index (χ3v) is 20.6. The Balaban J connectivity index is 0.000000206. The summed E-state index contributed by atoms with van der Waals surface area (Å²) in [4.78, 5) is 116. The fraction of sp³-hybridized carbons (Fsp3) is 0.500. The van der Waals surface area contributed by atoms with E-state index in [0.717, 1.165) is 24.0 Å². The molecule has 0 aliphatic carbocycles. The fourth-order valence-electron chi connectivity index (χ4n) is 11.8. The Hall–Kier alpha value is -5.52. The van der Waals surface area contributed by atoms with Crippen LogP contribution in [0.3, 0.4) is 0 Å². The van der Waals surface area contributed by atoms with Crippen LogP contribution in [0.15, 0.2) is 120 Å². The monoisotopic (exact) mass is 1860 g/mol. The van der Waals surface area contributed by atoms with Crippen LogP contribution in [0.25, 0.3) is 0 Å². The average Bonchev–Trinajstić information content (AvgIpc) is 1.59. The first-order valence-corrected chi connectivity index (χ1v) is 39.3. The number of nitriles is 1. The van der Waals surface area contributed by atoms with Gasteiger partial charge in [-0.2, -0.15) is 5.26 Å². The van der Waals surface area contributed by atoms with Crippen LogP contribution in [0, 0.1) is 11.3 Å². The number of primary amides is 1. The Morgan fingerprint density at radius 2 is 1.02 bits per heavy atom. The molecule has 5 amide bonds. The Kier molecular flexibility index (Phi) is 39.7. The van der Waals surface area contributed by atoms with Crippen LogP contribution in [0.1, 0.15) is 57.6 Å². The summed E-state index contributed by atoms with van der Waals surface area (Å²) in [6.07, 6.45) is -2.88. The van der Waals surface area contributed by atoms with E-state index in [-0.39, 0.29) is 132 Å². The number of alkyl halides is 5. The number of aliphatic imine (C=N–C) groups is 1. The molecule has 13 heterocycles. The third kappa shape index (κ3) is 27.3. The average molecular weight is 1870 g/mol. The fourth-order valence-corrected chi connectivity index (χ4v) is 13.8. The van der Waals surface area contributed by atoms with Gasteiger partial charge in [-0.3, -0.25) is 48.5 Å². The number of ketones is 1. The molecule has 1 aromatic carbocycles. The zero-order valence-electron chi connectivity index (χ0n) is 60.7. The minimum atomic E-state index is -1.14. The maximum atomic E-state index is 13.9. The van der Waals surface area contributed by atoms with Crippen LogP contribution in [-0.4, -0.2) is 287 Å². The predicted octanol–water partition coefficient (Wildman–Crippen LogP) is 6.98. The van der Waals surface area contributed by atoms with Gasteiger partial charge in [0.2, 0.25) is 23.6 Å². The Labute approximate surface area is 696 Å². The van der Waals surface area contributed by atoms with Crippen LogP contribution >= 0.6 is 79.6 Å². The number of nitrogens with two attached hydrogens (primary N) is 1. The van der Waals surface area contributed by atoms with Crippen molar-refractivity contribution in [3.8, 4) is 6.07 Å². The largest absolute Gasteiger partial charge is 0.510 e. The van der Waals surface area contributed by atoms with Gasteiger partial charge in [0.15, 0.2) is 11.3 Å². The van der Waals surface area contributed by atoms with E-state index >= 15 is 0 Å². The molecule has 7 N–H and O–H groups in total. The van der Waals surface area contributed by atoms with Gasteiger partial charge < -0.3 is 59.8 Å². The van der Waals surface area contributed by atoms with E-state index in [1.165, 1.54) is 16.6 Å². The van der Waals surface area contributed by atoms with Crippen molar-refractivity contribution in [2.45, 2.75) is 118 Å². The van der Waals surface area contributed by atoms with Crippen molar-refractivity contribution in [3.05, 3.63) is 127 Å². The number of fused-ring (bicyclic) bond motifs is 1. The number of hydrogen-bond donors (Lipinski definition) is 6. The predicted molar refractivity (Wildman–Crippen MR) is 419 cm³/mol. The minimum Gasteiger partial charge on any atom is -0.510 e. The van der Waals surface area contributed by atoms with E-state index in [1.54, 1.807) is 82.6 Å². The van der Waals surface area contributed by atoms with Crippen LogP contribution < -0.4 is 32.3 Å². The number of anilines is 4. The molecule has 9 aliphatic heterocycles. The molecule has 0 unspecified atom stereocenters. The molecule has 110 heavy (non-hydrogen) atoms. The molecule has 8 fully saturated rings. The summed E-state index contributed by atoms with van der Waals surface area (Å²) in [7, 11) is 0. The smallest absolute Gasteiger partial charge is 0.394 e. The number of pyridine rings is 4. The summed E-state index contributed by atoms with van der Waals surface area (Å²) in [5.74, 6) is 0.270.